The smallest absolute Gasteiger partial charge is 0.205 e. The van der Waals surface area contributed by atoms with E-state index in [0.717, 1.165) is 33.1 Å². The Kier molecular flexibility index (Phi) is 6.79. The topological polar surface area (TPSA) is 66.6 Å². The lowest BCUT2D eigenvalue weighted by atomic mass is 10.1. The molecule has 3 rings (SSSR count). The number of aromatic nitrogens is 1. The minimum Gasteiger partial charge on any atom is -0.497 e. The standard InChI is InChI=1S/C22H25N3O4S/c1-14(16-11-19(27-4)21(29-6)20(12-16)28-5)24-25-18(13-30-22(25)23-2)15-7-9-17(26-3)10-8-15/h7-13H,1-6H3. The average molecular weight is 428 g/mol. The highest BCUT2D eigenvalue weighted by Crippen LogP contribution is 2.38. The second-order valence-corrected chi connectivity index (χ2v) is 7.10. The van der Waals surface area contributed by atoms with Gasteiger partial charge in [0.25, 0.3) is 0 Å². The van der Waals surface area contributed by atoms with Crippen LogP contribution < -0.4 is 23.7 Å². The lowest BCUT2D eigenvalue weighted by Crippen LogP contribution is -2.14. The fourth-order valence-corrected chi connectivity index (χ4v) is 3.80. The van der Waals surface area contributed by atoms with Gasteiger partial charge in [-0.1, -0.05) is 0 Å². The van der Waals surface area contributed by atoms with E-state index in [0.29, 0.717) is 17.2 Å². The van der Waals surface area contributed by atoms with Gasteiger partial charge >= 0.3 is 0 Å². The average Bonchev–Trinajstić information content (AvgIpc) is 3.20. The monoisotopic (exact) mass is 427 g/mol. The largest absolute Gasteiger partial charge is 0.497 e. The van der Waals surface area contributed by atoms with Crippen molar-refractivity contribution in [2.45, 2.75) is 6.92 Å². The van der Waals surface area contributed by atoms with E-state index in [2.05, 4.69) is 4.99 Å². The van der Waals surface area contributed by atoms with Crippen LogP contribution in [0.15, 0.2) is 51.9 Å². The summed E-state index contributed by atoms with van der Waals surface area (Å²) in [7, 11) is 8.18. The number of nitrogens with zero attached hydrogens (tertiary/aromatic N) is 3. The van der Waals surface area contributed by atoms with Crippen molar-refractivity contribution in [2.75, 3.05) is 35.5 Å². The van der Waals surface area contributed by atoms with Gasteiger partial charge < -0.3 is 18.9 Å². The minimum absolute atomic E-state index is 0.544. The molecule has 0 fully saturated rings. The molecule has 1 heterocycles. The van der Waals surface area contributed by atoms with Crippen molar-refractivity contribution in [3.05, 3.63) is 52.1 Å². The highest BCUT2D eigenvalue weighted by Gasteiger charge is 2.15. The summed E-state index contributed by atoms with van der Waals surface area (Å²) in [4.78, 5) is 5.16. The zero-order valence-corrected chi connectivity index (χ0v) is 18.7. The molecule has 0 aliphatic carbocycles. The van der Waals surface area contributed by atoms with Gasteiger partial charge in [0.1, 0.15) is 5.75 Å². The van der Waals surface area contributed by atoms with Gasteiger partial charge in [0.15, 0.2) is 11.5 Å². The van der Waals surface area contributed by atoms with Gasteiger partial charge in [-0.15, -0.1) is 11.3 Å². The SMILES string of the molecule is CN=c1scc(-c2ccc(OC)cc2)n1N=C(C)c1cc(OC)c(OC)c(OC)c1. The van der Waals surface area contributed by atoms with Crippen molar-refractivity contribution in [3.8, 4) is 34.3 Å². The van der Waals surface area contributed by atoms with Crippen LogP contribution in [-0.2, 0) is 0 Å². The first kappa shape index (κ1) is 21.4. The summed E-state index contributed by atoms with van der Waals surface area (Å²) >= 11 is 1.53. The van der Waals surface area contributed by atoms with Crippen LogP contribution in [0.2, 0.25) is 0 Å². The third-order valence-corrected chi connectivity index (χ3v) is 5.50. The van der Waals surface area contributed by atoms with Crippen LogP contribution in [0.5, 0.6) is 23.0 Å². The Balaban J connectivity index is 2.12. The van der Waals surface area contributed by atoms with Crippen molar-refractivity contribution in [3.63, 3.8) is 0 Å². The number of methoxy groups -OCH3 is 4. The number of benzene rings is 2. The number of hydrogen-bond acceptors (Lipinski definition) is 7. The first-order valence-electron chi connectivity index (χ1n) is 9.20. The van der Waals surface area contributed by atoms with Crippen LogP contribution in [0, 0.1) is 0 Å². The maximum absolute atomic E-state index is 5.47. The van der Waals surface area contributed by atoms with E-state index >= 15 is 0 Å². The maximum atomic E-state index is 5.47. The number of rotatable bonds is 7. The van der Waals surface area contributed by atoms with Crippen LogP contribution in [0.3, 0.4) is 0 Å². The third-order valence-electron chi connectivity index (χ3n) is 4.59. The van der Waals surface area contributed by atoms with E-state index in [-0.39, 0.29) is 0 Å². The Morgan fingerprint density at radius 2 is 1.53 bits per heavy atom. The van der Waals surface area contributed by atoms with E-state index in [1.807, 2.05) is 53.4 Å². The van der Waals surface area contributed by atoms with E-state index in [4.69, 9.17) is 24.0 Å². The van der Waals surface area contributed by atoms with Gasteiger partial charge in [0.2, 0.25) is 10.6 Å². The Morgan fingerprint density at radius 3 is 2.03 bits per heavy atom. The Labute approximate surface area is 179 Å². The summed E-state index contributed by atoms with van der Waals surface area (Å²) < 4.78 is 23.5. The third kappa shape index (κ3) is 4.18. The molecule has 0 aliphatic heterocycles. The highest BCUT2D eigenvalue weighted by atomic mass is 32.1. The van der Waals surface area contributed by atoms with Gasteiger partial charge in [0, 0.05) is 23.6 Å². The Morgan fingerprint density at radius 1 is 0.900 bits per heavy atom. The summed E-state index contributed by atoms with van der Waals surface area (Å²) in [5.74, 6) is 2.50. The van der Waals surface area contributed by atoms with Crippen LogP contribution in [0.4, 0.5) is 0 Å². The number of ether oxygens (including phenoxy) is 4. The molecule has 1 aromatic heterocycles. The molecule has 0 saturated heterocycles. The molecule has 0 atom stereocenters. The molecule has 8 heteroatoms. The molecule has 158 valence electrons. The van der Waals surface area contributed by atoms with Gasteiger partial charge in [-0.3, -0.25) is 4.99 Å². The van der Waals surface area contributed by atoms with E-state index < -0.39 is 0 Å². The molecule has 2 aromatic carbocycles. The van der Waals surface area contributed by atoms with Crippen molar-refractivity contribution in [1.29, 1.82) is 0 Å². The second-order valence-electron chi connectivity index (χ2n) is 6.27. The summed E-state index contributed by atoms with van der Waals surface area (Å²) in [6.45, 7) is 1.93. The predicted molar refractivity (Wildman–Crippen MR) is 119 cm³/mol. The molecule has 0 spiro atoms. The van der Waals surface area contributed by atoms with Crippen LogP contribution in [-0.4, -0.2) is 45.9 Å². The van der Waals surface area contributed by atoms with Gasteiger partial charge in [-0.05, 0) is 43.3 Å². The van der Waals surface area contributed by atoms with Crippen molar-refractivity contribution in [1.82, 2.24) is 4.68 Å². The fraction of sp³-hybridized carbons (Fsp3) is 0.273. The van der Waals surface area contributed by atoms with Crippen molar-refractivity contribution >= 4 is 17.0 Å². The molecule has 0 radical (unpaired) electrons. The normalized spacial score (nSPS) is 12.1. The molecule has 0 amide bonds. The minimum atomic E-state index is 0.544. The first-order chi connectivity index (χ1) is 14.6. The number of hydrogen-bond donors (Lipinski definition) is 0. The maximum Gasteiger partial charge on any atom is 0.205 e. The molecular weight excluding hydrogens is 402 g/mol. The molecule has 30 heavy (non-hydrogen) atoms. The van der Waals surface area contributed by atoms with E-state index in [1.165, 1.54) is 11.3 Å². The second kappa shape index (κ2) is 9.49. The summed E-state index contributed by atoms with van der Waals surface area (Å²) in [6.07, 6.45) is 0. The van der Waals surface area contributed by atoms with E-state index in [1.54, 1.807) is 35.5 Å². The molecule has 0 N–H and O–H groups in total. The van der Waals surface area contributed by atoms with Crippen LogP contribution in [0.1, 0.15) is 12.5 Å². The summed E-state index contributed by atoms with van der Waals surface area (Å²) in [5, 5.41) is 6.89. The Hall–Kier alpha value is -3.26. The Bertz CT molecular complexity index is 1090. The molecule has 0 bridgehead atoms. The van der Waals surface area contributed by atoms with Gasteiger partial charge in [-0.2, -0.15) is 5.10 Å². The zero-order valence-electron chi connectivity index (χ0n) is 17.9. The molecule has 0 unspecified atom stereocenters. The quantitative estimate of drug-likeness (QED) is 0.534. The van der Waals surface area contributed by atoms with Crippen molar-refractivity contribution < 1.29 is 18.9 Å². The molecule has 7 nitrogen and oxygen atoms in total. The fourth-order valence-electron chi connectivity index (χ4n) is 3.01. The van der Waals surface area contributed by atoms with E-state index in [9.17, 15) is 0 Å². The summed E-state index contributed by atoms with van der Waals surface area (Å²) in [5.41, 5.74) is 3.58. The highest BCUT2D eigenvalue weighted by molar-refractivity contribution is 7.07. The molecule has 0 saturated carbocycles. The lowest BCUT2D eigenvalue weighted by Gasteiger charge is -2.14. The summed E-state index contributed by atoms with van der Waals surface area (Å²) in [6, 6.07) is 11.6. The number of thiazole rings is 1. The molecule has 0 aliphatic rings. The zero-order chi connectivity index (χ0) is 21.7. The van der Waals surface area contributed by atoms with Crippen molar-refractivity contribution in [2.24, 2.45) is 10.1 Å². The van der Waals surface area contributed by atoms with Gasteiger partial charge in [-0.25, -0.2) is 4.68 Å². The molecule has 3 aromatic rings. The van der Waals surface area contributed by atoms with Crippen LogP contribution >= 0.6 is 11.3 Å². The van der Waals surface area contributed by atoms with Crippen LogP contribution in [0.25, 0.3) is 11.3 Å². The predicted octanol–water partition coefficient (Wildman–Crippen LogP) is 4.05. The lowest BCUT2D eigenvalue weighted by molar-refractivity contribution is 0.324. The van der Waals surface area contributed by atoms with Gasteiger partial charge in [0.05, 0.1) is 39.8 Å². The first-order valence-corrected chi connectivity index (χ1v) is 10.1. The molecular formula is C22H25N3O4S.